The molecule has 0 spiro atoms. The number of thioether (sulfide) groups is 1. The number of likely N-dealkylation sites (N-methyl/N-ethyl adjacent to an activating group) is 1. The topological polar surface area (TPSA) is 116 Å². The Morgan fingerprint density at radius 1 is 1.62 bits per heavy atom. The molecule has 1 aliphatic rings. The molecular weight excluding hydrogens is 431 g/mol. The Balaban J connectivity index is 1.77. The highest BCUT2D eigenvalue weighted by molar-refractivity contribution is 9.10. The molecule has 1 aromatic heterocycles. The molecule has 138 valence electrons. The molecule has 9 nitrogen and oxygen atoms in total. The molecule has 1 aromatic carbocycles. The molecule has 0 unspecified atom stereocenters. The lowest BCUT2D eigenvalue weighted by Crippen LogP contribution is -2.31. The number of benzene rings is 1. The molecule has 0 aliphatic carbocycles. The van der Waals surface area contributed by atoms with E-state index in [1.165, 1.54) is 30.0 Å². The van der Waals surface area contributed by atoms with Gasteiger partial charge in [-0.15, -0.1) is 0 Å². The second-order valence-corrected chi connectivity index (χ2v) is 7.21. The Labute approximate surface area is 160 Å². The van der Waals surface area contributed by atoms with E-state index in [1.807, 2.05) is 5.48 Å². The van der Waals surface area contributed by atoms with Crippen molar-refractivity contribution in [1.29, 1.82) is 0 Å². The molecule has 1 atom stereocenters. The lowest BCUT2D eigenvalue weighted by Gasteiger charge is -2.16. The Morgan fingerprint density at radius 2 is 2.42 bits per heavy atom. The Bertz CT molecular complexity index is 848. The van der Waals surface area contributed by atoms with E-state index in [4.69, 9.17) is 4.63 Å². The third kappa shape index (κ3) is 3.97. The molecule has 1 fully saturated rings. The zero-order chi connectivity index (χ0) is 18.7. The van der Waals surface area contributed by atoms with Gasteiger partial charge in [0, 0.05) is 19.3 Å². The average Bonchev–Trinajstić information content (AvgIpc) is 3.22. The van der Waals surface area contributed by atoms with Gasteiger partial charge in [-0.1, -0.05) is 11.8 Å². The molecular formula is C14H14BrFN6O3S. The fourth-order valence-electron chi connectivity index (χ4n) is 2.21. The van der Waals surface area contributed by atoms with Crippen LogP contribution in [0.1, 0.15) is 5.69 Å². The van der Waals surface area contributed by atoms with Gasteiger partial charge in [-0.25, -0.2) is 18.8 Å². The monoisotopic (exact) mass is 444 g/mol. The molecule has 2 aromatic rings. The molecule has 2 heterocycles. The van der Waals surface area contributed by atoms with E-state index in [-0.39, 0.29) is 28.1 Å². The molecule has 12 heteroatoms. The van der Waals surface area contributed by atoms with Crippen molar-refractivity contribution < 1.29 is 19.0 Å². The highest BCUT2D eigenvalue weighted by atomic mass is 79.9. The van der Waals surface area contributed by atoms with Gasteiger partial charge in [0.05, 0.1) is 16.2 Å². The number of hydrogen-bond acceptors (Lipinski definition) is 7. The van der Waals surface area contributed by atoms with Crippen LogP contribution in [0.4, 0.5) is 14.9 Å². The van der Waals surface area contributed by atoms with Crippen molar-refractivity contribution >= 4 is 45.2 Å². The minimum atomic E-state index is -0.425. The average molecular weight is 445 g/mol. The van der Waals surface area contributed by atoms with Crippen LogP contribution in [-0.2, 0) is 0 Å². The van der Waals surface area contributed by atoms with Crippen LogP contribution in [0.2, 0.25) is 0 Å². The van der Waals surface area contributed by atoms with Gasteiger partial charge in [0.25, 0.3) is 0 Å². The Morgan fingerprint density at radius 3 is 3.08 bits per heavy atom. The van der Waals surface area contributed by atoms with Crippen LogP contribution in [0.5, 0.6) is 0 Å². The van der Waals surface area contributed by atoms with Gasteiger partial charge in [-0.05, 0) is 44.4 Å². The van der Waals surface area contributed by atoms with Crippen molar-refractivity contribution in [1.82, 2.24) is 26.0 Å². The lowest BCUT2D eigenvalue weighted by atomic mass is 10.3. The second-order valence-electron chi connectivity index (χ2n) is 5.35. The first-order valence-electron chi connectivity index (χ1n) is 7.40. The number of carbonyl (C=O) groups is 1. The first kappa shape index (κ1) is 18.6. The zero-order valence-electron chi connectivity index (χ0n) is 13.4. The van der Waals surface area contributed by atoms with Crippen molar-refractivity contribution in [3.63, 3.8) is 0 Å². The number of nitrogens with one attached hydrogen (secondary N) is 2. The minimum Gasteiger partial charge on any atom is -0.336 e. The number of amidine groups is 1. The third-order valence-electron chi connectivity index (χ3n) is 3.70. The highest BCUT2D eigenvalue weighted by Gasteiger charge is 2.28. The Kier molecular flexibility index (Phi) is 5.74. The summed E-state index contributed by atoms with van der Waals surface area (Å²) < 4.78 is 18.3. The number of hydrogen-bond donors (Lipinski definition) is 3. The van der Waals surface area contributed by atoms with Crippen LogP contribution in [0, 0.1) is 5.82 Å². The first-order valence-corrected chi connectivity index (χ1v) is 9.17. The van der Waals surface area contributed by atoms with Crippen molar-refractivity contribution in [3.05, 3.63) is 34.2 Å². The molecule has 0 bridgehead atoms. The summed E-state index contributed by atoms with van der Waals surface area (Å²) in [5.74, 6) is 0.129. The van der Waals surface area contributed by atoms with Crippen molar-refractivity contribution in [2.24, 2.45) is 4.99 Å². The second kappa shape index (κ2) is 8.01. The van der Waals surface area contributed by atoms with E-state index in [9.17, 15) is 14.4 Å². The van der Waals surface area contributed by atoms with E-state index >= 15 is 0 Å². The number of amides is 2. The number of aromatic nitrogens is 2. The number of urea groups is 1. The predicted octanol–water partition coefficient (Wildman–Crippen LogP) is 2.14. The van der Waals surface area contributed by atoms with Gasteiger partial charge >= 0.3 is 6.03 Å². The van der Waals surface area contributed by atoms with Crippen LogP contribution in [0.3, 0.4) is 0 Å². The van der Waals surface area contributed by atoms with Gasteiger partial charge in [-0.3, -0.25) is 10.7 Å². The first-order chi connectivity index (χ1) is 12.5. The molecule has 3 N–H and O–H groups in total. The lowest BCUT2D eigenvalue weighted by molar-refractivity contribution is 0.219. The molecule has 2 amide bonds. The number of aliphatic imine (C=N–C) groups is 1. The maximum absolute atomic E-state index is 13.3. The number of hydroxylamine groups is 1. The van der Waals surface area contributed by atoms with E-state index < -0.39 is 5.82 Å². The normalized spacial score (nSPS) is 17.5. The fraction of sp³-hybridized carbons (Fsp3) is 0.286. The van der Waals surface area contributed by atoms with Crippen LogP contribution in [-0.4, -0.2) is 57.7 Å². The van der Waals surface area contributed by atoms with Gasteiger partial charge in [0.1, 0.15) is 5.82 Å². The summed E-state index contributed by atoms with van der Waals surface area (Å²) in [6.45, 7) is 0.533. The van der Waals surface area contributed by atoms with E-state index in [1.54, 1.807) is 11.9 Å². The van der Waals surface area contributed by atoms with Crippen molar-refractivity contribution in [3.8, 4) is 0 Å². The SMILES string of the molecule is CN1C(=O)NC[C@@H]1CSc1nonc1C(=Nc1ccc(F)c(Br)c1)NO. The fourth-order valence-corrected chi connectivity index (χ4v) is 3.63. The van der Waals surface area contributed by atoms with Crippen molar-refractivity contribution in [2.75, 3.05) is 19.3 Å². The van der Waals surface area contributed by atoms with E-state index in [0.29, 0.717) is 23.0 Å². The number of nitrogens with zero attached hydrogens (tertiary/aromatic N) is 4. The van der Waals surface area contributed by atoms with Crippen LogP contribution in [0.25, 0.3) is 0 Å². The van der Waals surface area contributed by atoms with Gasteiger partial charge in [0.15, 0.2) is 16.6 Å². The molecule has 26 heavy (non-hydrogen) atoms. The van der Waals surface area contributed by atoms with E-state index in [0.717, 1.165) is 0 Å². The number of halogens is 2. The van der Waals surface area contributed by atoms with Gasteiger partial charge < -0.3 is 10.2 Å². The van der Waals surface area contributed by atoms with Crippen molar-refractivity contribution in [2.45, 2.75) is 11.1 Å². The summed E-state index contributed by atoms with van der Waals surface area (Å²) >= 11 is 4.39. The molecule has 0 saturated carbocycles. The van der Waals surface area contributed by atoms with Crippen LogP contribution in [0.15, 0.2) is 37.3 Å². The minimum absolute atomic E-state index is 0.00114. The van der Waals surface area contributed by atoms with Crippen LogP contribution >= 0.6 is 27.7 Å². The maximum Gasteiger partial charge on any atom is 0.317 e. The summed E-state index contributed by atoms with van der Waals surface area (Å²) in [5, 5.41) is 20.1. The summed E-state index contributed by atoms with van der Waals surface area (Å²) in [5.41, 5.74) is 2.55. The molecule has 1 aliphatic heterocycles. The zero-order valence-corrected chi connectivity index (χ0v) is 15.8. The number of rotatable bonds is 5. The van der Waals surface area contributed by atoms with Gasteiger partial charge in [0.2, 0.25) is 0 Å². The smallest absolute Gasteiger partial charge is 0.317 e. The summed E-state index contributed by atoms with van der Waals surface area (Å²) in [7, 11) is 1.71. The molecule has 0 radical (unpaired) electrons. The number of carbonyl (C=O) groups excluding carboxylic acids is 1. The molecule has 3 rings (SSSR count). The predicted molar refractivity (Wildman–Crippen MR) is 95.2 cm³/mol. The van der Waals surface area contributed by atoms with Crippen LogP contribution < -0.4 is 10.8 Å². The largest absolute Gasteiger partial charge is 0.336 e. The van der Waals surface area contributed by atoms with Gasteiger partial charge in [-0.2, -0.15) is 0 Å². The summed E-state index contributed by atoms with van der Waals surface area (Å²) in [4.78, 5) is 17.3. The maximum atomic E-state index is 13.3. The molecule has 1 saturated heterocycles. The summed E-state index contributed by atoms with van der Waals surface area (Å²) in [6, 6.07) is 4.01. The Hall–Kier alpha value is -2.18. The van der Waals surface area contributed by atoms with E-state index in [2.05, 4.69) is 36.6 Å². The quantitative estimate of drug-likeness (QED) is 0.280. The highest BCUT2D eigenvalue weighted by Crippen LogP contribution is 2.25. The third-order valence-corrected chi connectivity index (χ3v) is 5.40. The summed E-state index contributed by atoms with van der Waals surface area (Å²) in [6.07, 6.45) is 0. The standard InChI is InChI=1S/C14H14BrFN6O3S/c1-22-8(5-17-14(22)23)6-26-13-11(20-25-21-13)12(19-24)18-7-2-3-10(16)9(15)4-7/h2-4,8,24H,5-6H2,1H3,(H,17,23)(H,18,19)/t8-/m1/s1.